The minimum Gasteiger partial charge on any atom is -0.391 e. The summed E-state index contributed by atoms with van der Waals surface area (Å²) >= 11 is 1.27. The van der Waals surface area contributed by atoms with E-state index in [0.29, 0.717) is 17.0 Å². The molecule has 0 saturated heterocycles. The molecular weight excluding hydrogens is 296 g/mol. The summed E-state index contributed by atoms with van der Waals surface area (Å²) < 4.78 is 27.5. The summed E-state index contributed by atoms with van der Waals surface area (Å²) in [6.45, 7) is 6.66. The lowest BCUT2D eigenvalue weighted by molar-refractivity contribution is 0.242. The maximum atomic E-state index is 12.4. The van der Waals surface area contributed by atoms with Gasteiger partial charge in [-0.05, 0) is 37.4 Å². The van der Waals surface area contributed by atoms with Gasteiger partial charge in [-0.25, -0.2) is 13.1 Å². The van der Waals surface area contributed by atoms with Crippen LogP contribution >= 0.6 is 11.3 Å². The second-order valence-corrected chi connectivity index (χ2v) is 8.72. The summed E-state index contributed by atoms with van der Waals surface area (Å²) in [4.78, 5) is 2.74. The Labute approximate surface area is 125 Å². The van der Waals surface area contributed by atoms with Gasteiger partial charge in [0.05, 0.1) is 11.5 Å². The average molecular weight is 320 g/mol. The number of rotatable bonds is 7. The maximum absolute atomic E-state index is 12.4. The first-order valence-electron chi connectivity index (χ1n) is 6.41. The van der Waals surface area contributed by atoms with Gasteiger partial charge in [-0.3, -0.25) is 0 Å². The fourth-order valence-corrected chi connectivity index (χ4v) is 5.13. The second kappa shape index (κ2) is 6.53. The molecule has 0 aliphatic carbocycles. The van der Waals surface area contributed by atoms with Crippen molar-refractivity contribution in [2.24, 2.45) is 5.41 Å². The molecule has 0 spiro atoms. The predicted molar refractivity (Wildman–Crippen MR) is 82.5 cm³/mol. The van der Waals surface area contributed by atoms with Crippen molar-refractivity contribution >= 4 is 21.4 Å². The molecule has 0 amide bonds. The van der Waals surface area contributed by atoms with Gasteiger partial charge in [-0.15, -0.1) is 11.3 Å². The van der Waals surface area contributed by atoms with Crippen molar-refractivity contribution in [1.82, 2.24) is 9.62 Å². The molecule has 0 unspecified atom stereocenters. The molecule has 1 aromatic heterocycles. The van der Waals surface area contributed by atoms with Crippen molar-refractivity contribution in [3.05, 3.63) is 15.8 Å². The Morgan fingerprint density at radius 2 is 2.00 bits per heavy atom. The molecule has 20 heavy (non-hydrogen) atoms. The van der Waals surface area contributed by atoms with Gasteiger partial charge in [0.2, 0.25) is 10.0 Å². The van der Waals surface area contributed by atoms with Crippen molar-refractivity contribution in [3.8, 4) is 0 Å². The number of nitrogens with zero attached hydrogens (tertiary/aromatic N) is 1. The minimum atomic E-state index is -3.58. The number of hydrogen-bond donors (Lipinski definition) is 2. The van der Waals surface area contributed by atoms with Crippen molar-refractivity contribution < 1.29 is 13.5 Å². The quantitative estimate of drug-likeness (QED) is 0.797. The second-order valence-electron chi connectivity index (χ2n) is 6.06. The Kier molecular flexibility index (Phi) is 5.74. The Morgan fingerprint density at radius 1 is 1.40 bits per heavy atom. The molecule has 0 radical (unpaired) electrons. The van der Waals surface area contributed by atoms with Crippen LogP contribution in [0, 0.1) is 12.3 Å². The zero-order valence-electron chi connectivity index (χ0n) is 12.7. The number of aryl methyl sites for hydroxylation is 1. The van der Waals surface area contributed by atoms with Crippen molar-refractivity contribution in [2.45, 2.75) is 32.3 Å². The highest BCUT2D eigenvalue weighted by Gasteiger charge is 2.26. The van der Waals surface area contributed by atoms with Gasteiger partial charge < -0.3 is 10.0 Å². The van der Waals surface area contributed by atoms with Crippen molar-refractivity contribution in [2.75, 3.05) is 27.2 Å². The van der Waals surface area contributed by atoms with Crippen LogP contribution in [-0.4, -0.2) is 45.6 Å². The van der Waals surface area contributed by atoms with Crippen LogP contribution in [-0.2, 0) is 16.6 Å². The van der Waals surface area contributed by atoms with Gasteiger partial charge in [-0.2, -0.15) is 0 Å². The van der Waals surface area contributed by atoms with E-state index in [2.05, 4.69) is 4.72 Å². The number of hydrogen-bond acceptors (Lipinski definition) is 5. The van der Waals surface area contributed by atoms with E-state index in [4.69, 9.17) is 0 Å². The van der Waals surface area contributed by atoms with E-state index < -0.39 is 10.0 Å². The standard InChI is InChI=1S/C13H24N2O3S2/c1-10-7-19-11(6-16)12(10)20(17,18)14-8-13(2,3)9-15(4)5/h7,14,16H,6,8-9H2,1-5H3. The average Bonchev–Trinajstić information content (AvgIpc) is 2.67. The molecule has 1 heterocycles. The zero-order valence-corrected chi connectivity index (χ0v) is 14.4. The van der Waals surface area contributed by atoms with Gasteiger partial charge in [-0.1, -0.05) is 13.8 Å². The topological polar surface area (TPSA) is 69.6 Å². The first-order chi connectivity index (χ1) is 9.09. The molecule has 1 aromatic rings. The van der Waals surface area contributed by atoms with Gasteiger partial charge >= 0.3 is 0 Å². The van der Waals surface area contributed by atoms with Crippen LogP contribution in [0.3, 0.4) is 0 Å². The lowest BCUT2D eigenvalue weighted by Gasteiger charge is -2.28. The normalized spacial score (nSPS) is 13.2. The first kappa shape index (κ1) is 17.6. The molecule has 0 atom stereocenters. The van der Waals surface area contributed by atoms with Crippen molar-refractivity contribution in [1.29, 1.82) is 0 Å². The van der Waals surface area contributed by atoms with Gasteiger partial charge in [0, 0.05) is 13.1 Å². The largest absolute Gasteiger partial charge is 0.391 e. The number of nitrogens with one attached hydrogen (secondary N) is 1. The van der Waals surface area contributed by atoms with E-state index in [1.165, 1.54) is 11.3 Å². The van der Waals surface area contributed by atoms with E-state index in [-0.39, 0.29) is 16.9 Å². The molecule has 0 aliphatic rings. The molecule has 0 aliphatic heterocycles. The molecule has 5 nitrogen and oxygen atoms in total. The van der Waals surface area contributed by atoms with E-state index in [0.717, 1.165) is 6.54 Å². The smallest absolute Gasteiger partial charge is 0.242 e. The first-order valence-corrected chi connectivity index (χ1v) is 8.77. The SMILES string of the molecule is Cc1csc(CO)c1S(=O)(=O)NCC(C)(C)CN(C)C. The highest BCUT2D eigenvalue weighted by atomic mass is 32.2. The Balaban J connectivity index is 2.88. The number of aliphatic hydroxyl groups excluding tert-OH is 1. The fraction of sp³-hybridized carbons (Fsp3) is 0.692. The summed E-state index contributed by atoms with van der Waals surface area (Å²) in [5.74, 6) is 0. The summed E-state index contributed by atoms with van der Waals surface area (Å²) in [5, 5.41) is 11.0. The third kappa shape index (κ3) is 4.53. The summed E-state index contributed by atoms with van der Waals surface area (Å²) in [6, 6.07) is 0. The summed E-state index contributed by atoms with van der Waals surface area (Å²) in [5.41, 5.74) is 0.511. The molecule has 2 N–H and O–H groups in total. The number of sulfonamides is 1. The van der Waals surface area contributed by atoms with E-state index in [1.807, 2.05) is 32.8 Å². The van der Waals surface area contributed by atoms with Crippen LogP contribution in [0.4, 0.5) is 0 Å². The lowest BCUT2D eigenvalue weighted by atomic mass is 9.93. The molecule has 0 aromatic carbocycles. The van der Waals surface area contributed by atoms with E-state index >= 15 is 0 Å². The highest BCUT2D eigenvalue weighted by molar-refractivity contribution is 7.89. The predicted octanol–water partition coefficient (Wildman–Crippen LogP) is 1.41. The summed E-state index contributed by atoms with van der Waals surface area (Å²) in [6.07, 6.45) is 0. The molecule has 7 heteroatoms. The zero-order chi connectivity index (χ0) is 15.6. The number of thiophene rings is 1. The number of aliphatic hydroxyl groups is 1. The monoisotopic (exact) mass is 320 g/mol. The Hall–Kier alpha value is -0.470. The van der Waals surface area contributed by atoms with Gasteiger partial charge in [0.25, 0.3) is 0 Å². The lowest BCUT2D eigenvalue weighted by Crippen LogP contribution is -2.40. The third-order valence-electron chi connectivity index (χ3n) is 2.89. The van der Waals surface area contributed by atoms with Crippen LogP contribution < -0.4 is 4.72 Å². The van der Waals surface area contributed by atoms with Crippen LogP contribution in [0.5, 0.6) is 0 Å². The molecule has 0 saturated carbocycles. The molecule has 1 rings (SSSR count). The van der Waals surface area contributed by atoms with Crippen LogP contribution in [0.2, 0.25) is 0 Å². The summed E-state index contributed by atoms with van der Waals surface area (Å²) in [7, 11) is 0.345. The molecule has 0 fully saturated rings. The van der Waals surface area contributed by atoms with E-state index in [1.54, 1.807) is 12.3 Å². The van der Waals surface area contributed by atoms with Crippen LogP contribution in [0.15, 0.2) is 10.3 Å². The van der Waals surface area contributed by atoms with Crippen LogP contribution in [0.1, 0.15) is 24.3 Å². The van der Waals surface area contributed by atoms with Crippen LogP contribution in [0.25, 0.3) is 0 Å². The highest BCUT2D eigenvalue weighted by Crippen LogP contribution is 2.27. The molecular formula is C13H24N2O3S2. The molecule has 0 bridgehead atoms. The van der Waals surface area contributed by atoms with Gasteiger partial charge in [0.1, 0.15) is 4.90 Å². The molecule has 116 valence electrons. The fourth-order valence-electron chi connectivity index (χ4n) is 2.23. The van der Waals surface area contributed by atoms with Crippen molar-refractivity contribution in [3.63, 3.8) is 0 Å². The Morgan fingerprint density at radius 3 is 2.50 bits per heavy atom. The maximum Gasteiger partial charge on any atom is 0.242 e. The Bertz CT molecular complexity index is 548. The minimum absolute atomic E-state index is 0.167. The third-order valence-corrected chi connectivity index (χ3v) is 5.74. The van der Waals surface area contributed by atoms with Gasteiger partial charge in [0.15, 0.2) is 0 Å². The van der Waals surface area contributed by atoms with E-state index in [9.17, 15) is 13.5 Å².